The zero-order chi connectivity index (χ0) is 14.7. The molecule has 0 atom stereocenters. The number of nitrogens with one attached hydrogen (secondary N) is 1. The lowest BCUT2D eigenvalue weighted by Crippen LogP contribution is -2.34. The largest absolute Gasteiger partial charge is 0.497 e. The van der Waals surface area contributed by atoms with Gasteiger partial charge in [-0.05, 0) is 48.6 Å². The molecule has 0 unspecified atom stereocenters. The number of hydrogen-bond donors (Lipinski definition) is 1. The Kier molecular flexibility index (Phi) is 4.00. The number of methoxy groups -OCH3 is 2. The number of ether oxygens (including phenoxy) is 2. The highest BCUT2D eigenvalue weighted by Crippen LogP contribution is 2.40. The van der Waals surface area contributed by atoms with Crippen molar-refractivity contribution in [3.05, 3.63) is 54.1 Å². The summed E-state index contributed by atoms with van der Waals surface area (Å²) in [6.45, 7) is 0. The summed E-state index contributed by atoms with van der Waals surface area (Å²) in [4.78, 5) is 0. The highest BCUT2D eigenvalue weighted by molar-refractivity contribution is 5.57. The molecule has 2 aromatic rings. The Balaban J connectivity index is 1.58. The number of hydrogen-bond acceptors (Lipinski definition) is 3. The topological polar surface area (TPSA) is 30.5 Å². The first kappa shape index (κ1) is 13.8. The molecule has 21 heavy (non-hydrogen) atoms. The van der Waals surface area contributed by atoms with Gasteiger partial charge in [0.25, 0.3) is 0 Å². The van der Waals surface area contributed by atoms with E-state index in [1.807, 2.05) is 30.3 Å². The van der Waals surface area contributed by atoms with Crippen LogP contribution in [0.5, 0.6) is 11.5 Å². The fourth-order valence-corrected chi connectivity index (χ4v) is 2.87. The van der Waals surface area contributed by atoms with Gasteiger partial charge in [-0.1, -0.05) is 24.3 Å². The molecule has 1 saturated carbocycles. The molecule has 3 rings (SSSR count). The first-order valence-electron chi connectivity index (χ1n) is 7.33. The van der Waals surface area contributed by atoms with Gasteiger partial charge in [0.15, 0.2) is 0 Å². The van der Waals surface area contributed by atoms with Gasteiger partial charge in [-0.25, -0.2) is 0 Å². The van der Waals surface area contributed by atoms with Gasteiger partial charge in [0.1, 0.15) is 11.5 Å². The van der Waals surface area contributed by atoms with Gasteiger partial charge >= 0.3 is 0 Å². The van der Waals surface area contributed by atoms with Crippen molar-refractivity contribution in [1.82, 2.24) is 0 Å². The summed E-state index contributed by atoms with van der Waals surface area (Å²) in [5.41, 5.74) is 2.48. The Hall–Kier alpha value is -2.16. The van der Waals surface area contributed by atoms with Crippen LogP contribution in [0.25, 0.3) is 0 Å². The van der Waals surface area contributed by atoms with Crippen LogP contribution in [0.15, 0.2) is 48.5 Å². The second kappa shape index (κ2) is 6.08. The Labute approximate surface area is 125 Å². The lowest BCUT2D eigenvalue weighted by Gasteiger charge is -2.37. The fraction of sp³-hybridized carbons (Fsp3) is 0.333. The summed E-state index contributed by atoms with van der Waals surface area (Å²) in [6, 6.07) is 17.0. The van der Waals surface area contributed by atoms with Gasteiger partial charge in [0.2, 0.25) is 0 Å². The highest BCUT2D eigenvalue weighted by atomic mass is 16.5. The highest BCUT2D eigenvalue weighted by Gasteiger charge is 2.30. The van der Waals surface area contributed by atoms with E-state index in [0.717, 1.165) is 30.0 Å². The average Bonchev–Trinajstić information content (AvgIpc) is 2.51. The van der Waals surface area contributed by atoms with Gasteiger partial charge < -0.3 is 14.8 Å². The molecule has 0 saturated heterocycles. The molecule has 0 bridgehead atoms. The molecule has 2 aromatic carbocycles. The van der Waals surface area contributed by atoms with Gasteiger partial charge in [0, 0.05) is 6.04 Å². The second-order valence-corrected chi connectivity index (χ2v) is 5.48. The standard InChI is InChI=1S/C18H21NO2/c1-20-16-9-7-13(8-10-16)14-11-15(12-14)19-17-5-3-4-6-18(17)21-2/h3-10,14-15,19H,11-12H2,1-2H3. The number of anilines is 1. The minimum Gasteiger partial charge on any atom is -0.497 e. The van der Waals surface area contributed by atoms with E-state index in [4.69, 9.17) is 9.47 Å². The maximum absolute atomic E-state index is 5.38. The molecule has 1 aliphatic rings. The Morgan fingerprint density at radius 1 is 0.905 bits per heavy atom. The first-order chi connectivity index (χ1) is 10.3. The molecule has 1 aliphatic carbocycles. The molecule has 0 spiro atoms. The third-order valence-corrected chi connectivity index (χ3v) is 4.19. The zero-order valence-electron chi connectivity index (χ0n) is 12.5. The van der Waals surface area contributed by atoms with Crippen LogP contribution >= 0.6 is 0 Å². The SMILES string of the molecule is COc1ccc(C2CC(Nc3ccccc3OC)C2)cc1. The summed E-state index contributed by atoms with van der Waals surface area (Å²) in [5.74, 6) is 2.47. The van der Waals surface area contributed by atoms with Crippen LogP contribution in [0.1, 0.15) is 24.3 Å². The van der Waals surface area contributed by atoms with Crippen molar-refractivity contribution in [1.29, 1.82) is 0 Å². The molecular formula is C18H21NO2. The predicted molar refractivity (Wildman–Crippen MR) is 85.4 cm³/mol. The minimum absolute atomic E-state index is 0.522. The van der Waals surface area contributed by atoms with Crippen LogP contribution in [0, 0.1) is 0 Å². The van der Waals surface area contributed by atoms with Crippen molar-refractivity contribution >= 4 is 5.69 Å². The van der Waals surface area contributed by atoms with Gasteiger partial charge in [-0.3, -0.25) is 0 Å². The maximum Gasteiger partial charge on any atom is 0.141 e. The summed E-state index contributed by atoms with van der Waals surface area (Å²) < 4.78 is 10.6. The molecule has 0 amide bonds. The molecule has 0 heterocycles. The Morgan fingerprint density at radius 3 is 2.29 bits per heavy atom. The zero-order valence-corrected chi connectivity index (χ0v) is 12.5. The minimum atomic E-state index is 0.522. The Morgan fingerprint density at radius 2 is 1.62 bits per heavy atom. The van der Waals surface area contributed by atoms with Crippen molar-refractivity contribution in [3.8, 4) is 11.5 Å². The predicted octanol–water partition coefficient (Wildman–Crippen LogP) is 4.06. The van der Waals surface area contributed by atoms with Crippen molar-refractivity contribution < 1.29 is 9.47 Å². The van der Waals surface area contributed by atoms with Crippen molar-refractivity contribution in [2.75, 3.05) is 19.5 Å². The lowest BCUT2D eigenvalue weighted by molar-refractivity contribution is 0.369. The number of para-hydroxylation sites is 2. The van der Waals surface area contributed by atoms with Crippen LogP contribution < -0.4 is 14.8 Å². The molecule has 1 fully saturated rings. The van der Waals surface area contributed by atoms with Gasteiger partial charge in [-0.15, -0.1) is 0 Å². The Bertz CT molecular complexity index is 588. The van der Waals surface area contributed by atoms with Crippen molar-refractivity contribution in [3.63, 3.8) is 0 Å². The molecule has 0 aliphatic heterocycles. The van der Waals surface area contributed by atoms with E-state index in [1.165, 1.54) is 5.56 Å². The van der Waals surface area contributed by atoms with E-state index in [9.17, 15) is 0 Å². The first-order valence-corrected chi connectivity index (χ1v) is 7.33. The number of benzene rings is 2. The molecule has 0 radical (unpaired) electrons. The third-order valence-electron chi connectivity index (χ3n) is 4.19. The normalized spacial score (nSPS) is 20.5. The molecule has 110 valence electrons. The summed E-state index contributed by atoms with van der Waals surface area (Å²) in [7, 11) is 3.41. The third kappa shape index (κ3) is 2.97. The van der Waals surface area contributed by atoms with Gasteiger partial charge in [0.05, 0.1) is 19.9 Å². The molecule has 1 N–H and O–H groups in total. The van der Waals surface area contributed by atoms with E-state index in [1.54, 1.807) is 14.2 Å². The summed E-state index contributed by atoms with van der Waals surface area (Å²) in [5, 5.41) is 3.57. The van der Waals surface area contributed by atoms with E-state index in [0.29, 0.717) is 12.0 Å². The monoisotopic (exact) mass is 283 g/mol. The van der Waals surface area contributed by atoms with Crippen LogP contribution in [0.3, 0.4) is 0 Å². The van der Waals surface area contributed by atoms with Crippen molar-refractivity contribution in [2.45, 2.75) is 24.8 Å². The second-order valence-electron chi connectivity index (χ2n) is 5.48. The van der Waals surface area contributed by atoms with Crippen LogP contribution in [0.4, 0.5) is 5.69 Å². The summed E-state index contributed by atoms with van der Waals surface area (Å²) >= 11 is 0. The average molecular weight is 283 g/mol. The van der Waals surface area contributed by atoms with E-state index in [-0.39, 0.29) is 0 Å². The molecular weight excluding hydrogens is 262 g/mol. The van der Waals surface area contributed by atoms with E-state index < -0.39 is 0 Å². The molecule has 3 heteroatoms. The maximum atomic E-state index is 5.38. The van der Waals surface area contributed by atoms with E-state index >= 15 is 0 Å². The smallest absolute Gasteiger partial charge is 0.141 e. The van der Waals surface area contributed by atoms with Crippen LogP contribution in [-0.4, -0.2) is 20.3 Å². The van der Waals surface area contributed by atoms with E-state index in [2.05, 4.69) is 23.5 Å². The van der Waals surface area contributed by atoms with Crippen LogP contribution in [-0.2, 0) is 0 Å². The lowest BCUT2D eigenvalue weighted by atomic mass is 9.76. The molecule has 3 nitrogen and oxygen atoms in total. The van der Waals surface area contributed by atoms with Gasteiger partial charge in [-0.2, -0.15) is 0 Å². The number of rotatable bonds is 5. The van der Waals surface area contributed by atoms with Crippen LogP contribution in [0.2, 0.25) is 0 Å². The fourth-order valence-electron chi connectivity index (χ4n) is 2.87. The summed E-state index contributed by atoms with van der Waals surface area (Å²) in [6.07, 6.45) is 2.31. The van der Waals surface area contributed by atoms with Crippen molar-refractivity contribution in [2.24, 2.45) is 0 Å². The quantitative estimate of drug-likeness (QED) is 0.897. The molecule has 0 aromatic heterocycles.